The summed E-state index contributed by atoms with van der Waals surface area (Å²) in [6.07, 6.45) is 3.31. The van der Waals surface area contributed by atoms with Gasteiger partial charge in [0.2, 0.25) is 0 Å². The highest BCUT2D eigenvalue weighted by atomic mass is 16.2. The van der Waals surface area contributed by atoms with Crippen molar-refractivity contribution in [1.29, 1.82) is 0 Å². The lowest BCUT2D eigenvalue weighted by atomic mass is 9.90. The van der Waals surface area contributed by atoms with E-state index in [2.05, 4.69) is 26.1 Å². The first-order valence-electron chi connectivity index (χ1n) is 6.48. The Hall–Kier alpha value is -1.32. The van der Waals surface area contributed by atoms with Crippen molar-refractivity contribution in [3.05, 3.63) is 20.4 Å². The molecule has 104 valence electrons. The summed E-state index contributed by atoms with van der Waals surface area (Å²) in [4.78, 5) is 24.4. The summed E-state index contributed by atoms with van der Waals surface area (Å²) in [5.74, 6) is 0. The largest absolute Gasteiger partial charge is 0.380 e. The van der Waals surface area contributed by atoms with E-state index in [4.69, 9.17) is 0 Å². The third-order valence-electron chi connectivity index (χ3n) is 2.99. The van der Waals surface area contributed by atoms with Crippen molar-refractivity contribution < 1.29 is 1.43 Å². The van der Waals surface area contributed by atoms with Crippen LogP contribution in [0, 0.1) is 5.41 Å². The average Bonchev–Trinajstić information content (AvgIpc) is 2.24. The molecule has 0 aliphatic rings. The molecule has 1 aromatic carbocycles. The van der Waals surface area contributed by atoms with Crippen LogP contribution in [0.1, 0.15) is 41.5 Å². The maximum atomic E-state index is 11.4. The summed E-state index contributed by atoms with van der Waals surface area (Å²) in [5, 5.41) is 3.08. The fraction of sp³-hybridized carbons (Fsp3) is 0.714. The van der Waals surface area contributed by atoms with Crippen LogP contribution in [0.5, 0.6) is 0 Å². The zero-order valence-corrected chi connectivity index (χ0v) is 12.1. The molecule has 1 N–H and O–H groups in total. The molecule has 0 fully saturated rings. The molecule has 0 unspecified atom stereocenters. The van der Waals surface area contributed by atoms with Gasteiger partial charge < -0.3 is 10.2 Å². The Balaban J connectivity index is 0.00000324. The second-order valence-electron chi connectivity index (χ2n) is 6.22. The quantitative estimate of drug-likeness (QED) is 0.624. The molecule has 0 aliphatic carbocycles. The topological polar surface area (TPSA) is 49.4 Å². The van der Waals surface area contributed by atoms with Crippen LogP contribution in [0.2, 0.25) is 0 Å². The molecule has 0 saturated carbocycles. The number of rotatable bonds is 6. The minimum Gasteiger partial charge on any atom is -0.380 e. The summed E-state index contributed by atoms with van der Waals surface area (Å²) in [5.41, 5.74) is 0.597. The van der Waals surface area contributed by atoms with E-state index in [-0.39, 0.29) is 12.3 Å². The summed E-state index contributed by atoms with van der Waals surface area (Å²) in [6, 6.07) is 0. The second kappa shape index (κ2) is 5.55. The van der Waals surface area contributed by atoms with Gasteiger partial charge in [0, 0.05) is 22.1 Å². The lowest BCUT2D eigenvalue weighted by molar-refractivity contribution is 0.362. The van der Waals surface area contributed by atoms with Gasteiger partial charge in [-0.15, -0.1) is 0 Å². The molecule has 1 rings (SSSR count). The van der Waals surface area contributed by atoms with Crippen molar-refractivity contribution in [2.75, 3.05) is 30.9 Å². The van der Waals surface area contributed by atoms with E-state index in [0.29, 0.717) is 16.8 Å². The lowest BCUT2D eigenvalue weighted by Gasteiger charge is -2.20. The molecular formula is C14H26N2O2. The molecule has 0 bridgehead atoms. The molecule has 0 heterocycles. The molecule has 18 heavy (non-hydrogen) atoms. The van der Waals surface area contributed by atoms with Crippen LogP contribution in [0.4, 0.5) is 11.4 Å². The third-order valence-corrected chi connectivity index (χ3v) is 2.99. The summed E-state index contributed by atoms with van der Waals surface area (Å²) in [7, 11) is 3.56. The Kier molecular flexibility index (Phi) is 4.54. The van der Waals surface area contributed by atoms with Crippen LogP contribution >= 0.6 is 0 Å². The van der Waals surface area contributed by atoms with Gasteiger partial charge in [-0.3, -0.25) is 9.59 Å². The first-order chi connectivity index (χ1) is 8.24. The van der Waals surface area contributed by atoms with E-state index in [1.807, 2.05) is 0 Å². The number of nitrogens with zero attached hydrogens (tertiary/aromatic N) is 1. The van der Waals surface area contributed by atoms with E-state index in [9.17, 15) is 9.59 Å². The molecule has 1 aromatic rings. The van der Waals surface area contributed by atoms with Gasteiger partial charge in [-0.25, -0.2) is 0 Å². The zero-order chi connectivity index (χ0) is 13.9. The number of hydrogen-bond donors (Lipinski definition) is 1. The molecule has 0 saturated heterocycles. The van der Waals surface area contributed by atoms with E-state index >= 15 is 0 Å². The third kappa shape index (κ3) is 3.59. The van der Waals surface area contributed by atoms with E-state index in [1.54, 1.807) is 19.0 Å². The maximum Gasteiger partial charge on any atom is 0.253 e. The highest BCUT2D eigenvalue weighted by molar-refractivity contribution is 5.74. The number of nitrogens with one attached hydrogen (secondary N) is 1. The lowest BCUT2D eigenvalue weighted by Crippen LogP contribution is -2.40. The Morgan fingerprint density at radius 2 is 1.72 bits per heavy atom. The predicted molar refractivity (Wildman–Crippen MR) is 79.6 cm³/mol. The molecule has 0 amide bonds. The summed E-state index contributed by atoms with van der Waals surface area (Å²) >= 11 is 0. The zero-order valence-electron chi connectivity index (χ0n) is 12.1. The van der Waals surface area contributed by atoms with Gasteiger partial charge in [-0.05, 0) is 18.3 Å². The van der Waals surface area contributed by atoms with Crippen molar-refractivity contribution in [1.82, 2.24) is 0 Å². The molecule has 0 aromatic heterocycles. The smallest absolute Gasteiger partial charge is 0.253 e. The maximum absolute atomic E-state index is 11.4. The van der Waals surface area contributed by atoms with Gasteiger partial charge in [0.25, 0.3) is 10.9 Å². The van der Waals surface area contributed by atoms with Gasteiger partial charge in [0.1, 0.15) is 11.4 Å². The van der Waals surface area contributed by atoms with Crippen molar-refractivity contribution in [3.63, 3.8) is 0 Å². The minimum absolute atomic E-state index is 0. The highest BCUT2D eigenvalue weighted by Crippen LogP contribution is 2.22. The fourth-order valence-corrected chi connectivity index (χ4v) is 1.96. The molecular weight excluding hydrogens is 228 g/mol. The first kappa shape index (κ1) is 14.7. The predicted octanol–water partition coefficient (Wildman–Crippen LogP) is 2.22. The Labute approximate surface area is 110 Å². The standard InChI is InChI=1S/C14H24N2O2.H2/c1-14(2,3)8-6-7-9-15-10-11(16(4)5)13(18)12(10)17;/h15H,6-9H2,1-5H3;1H. The summed E-state index contributed by atoms with van der Waals surface area (Å²) < 4.78 is 0. The van der Waals surface area contributed by atoms with Gasteiger partial charge in [0.05, 0.1) is 0 Å². The van der Waals surface area contributed by atoms with Crippen LogP contribution in [-0.4, -0.2) is 20.6 Å². The first-order valence-corrected chi connectivity index (χ1v) is 6.48. The van der Waals surface area contributed by atoms with E-state index in [1.165, 1.54) is 6.42 Å². The van der Waals surface area contributed by atoms with Crippen molar-refractivity contribution >= 4 is 11.4 Å². The number of unbranched alkanes of at least 4 members (excludes halogenated alkanes) is 1. The van der Waals surface area contributed by atoms with Crippen LogP contribution in [0.3, 0.4) is 0 Å². The van der Waals surface area contributed by atoms with Gasteiger partial charge >= 0.3 is 0 Å². The highest BCUT2D eigenvalue weighted by Gasteiger charge is 2.21. The molecule has 0 aliphatic heterocycles. The van der Waals surface area contributed by atoms with Crippen molar-refractivity contribution in [2.24, 2.45) is 5.41 Å². The van der Waals surface area contributed by atoms with E-state index in [0.717, 1.165) is 19.4 Å². The Morgan fingerprint density at radius 3 is 2.22 bits per heavy atom. The van der Waals surface area contributed by atoms with Crippen LogP contribution in [0.25, 0.3) is 0 Å². The van der Waals surface area contributed by atoms with Crippen LogP contribution in [0.15, 0.2) is 9.59 Å². The van der Waals surface area contributed by atoms with Gasteiger partial charge in [0.15, 0.2) is 0 Å². The molecule has 4 heteroatoms. The molecule has 0 radical (unpaired) electrons. The molecule has 0 atom stereocenters. The molecule has 4 nitrogen and oxygen atoms in total. The minimum atomic E-state index is -0.380. The SMILES string of the molecule is CN(C)c1c(NCCCCC(C)(C)C)c(=O)c1=O.[HH]. The van der Waals surface area contributed by atoms with E-state index < -0.39 is 0 Å². The molecule has 0 spiro atoms. The Bertz CT molecular complexity index is 468. The fourth-order valence-electron chi connectivity index (χ4n) is 1.96. The Morgan fingerprint density at radius 1 is 1.11 bits per heavy atom. The van der Waals surface area contributed by atoms with Gasteiger partial charge in [-0.1, -0.05) is 27.2 Å². The van der Waals surface area contributed by atoms with Crippen LogP contribution in [-0.2, 0) is 0 Å². The second-order valence-corrected chi connectivity index (χ2v) is 6.22. The average molecular weight is 254 g/mol. The number of hydrogen-bond acceptors (Lipinski definition) is 4. The normalized spacial score (nSPS) is 11.8. The number of anilines is 2. The monoisotopic (exact) mass is 254 g/mol. The summed E-state index contributed by atoms with van der Waals surface area (Å²) in [6.45, 7) is 7.42. The van der Waals surface area contributed by atoms with Crippen molar-refractivity contribution in [3.8, 4) is 0 Å². The van der Waals surface area contributed by atoms with Gasteiger partial charge in [-0.2, -0.15) is 0 Å². The van der Waals surface area contributed by atoms with Crippen LogP contribution < -0.4 is 21.1 Å². The van der Waals surface area contributed by atoms with Crippen molar-refractivity contribution in [2.45, 2.75) is 40.0 Å².